The van der Waals surface area contributed by atoms with Crippen molar-refractivity contribution in [3.05, 3.63) is 54.1 Å². The second-order valence-corrected chi connectivity index (χ2v) is 6.03. The van der Waals surface area contributed by atoms with E-state index in [9.17, 15) is 0 Å². The number of hydrogen-bond donors (Lipinski definition) is 0. The fourth-order valence-corrected chi connectivity index (χ4v) is 3.31. The van der Waals surface area contributed by atoms with E-state index in [0.717, 1.165) is 28.7 Å². The lowest BCUT2D eigenvalue weighted by Gasteiger charge is -2.07. The van der Waals surface area contributed by atoms with Gasteiger partial charge < -0.3 is 9.30 Å². The molecule has 4 nitrogen and oxygen atoms in total. The van der Waals surface area contributed by atoms with Crippen molar-refractivity contribution in [1.82, 2.24) is 9.55 Å². The van der Waals surface area contributed by atoms with Gasteiger partial charge in [0.15, 0.2) is 5.16 Å². The van der Waals surface area contributed by atoms with Gasteiger partial charge >= 0.3 is 0 Å². The molecule has 0 radical (unpaired) electrons. The number of nitriles is 1. The average molecular weight is 323 g/mol. The first kappa shape index (κ1) is 15.4. The Bertz CT molecular complexity index is 851. The Balaban J connectivity index is 1.61. The zero-order valence-electron chi connectivity index (χ0n) is 12.9. The second kappa shape index (κ2) is 7.21. The standard InChI is InChI=1S/C18H17N3OS/c1-2-21-17-9-4-3-8-16(17)20-18(21)23-11-10-22-15-7-5-6-14(12-15)13-19/h3-9,12H,2,10-11H2,1H3. The van der Waals surface area contributed by atoms with E-state index >= 15 is 0 Å². The molecule has 23 heavy (non-hydrogen) atoms. The van der Waals surface area contributed by atoms with E-state index in [2.05, 4.69) is 28.6 Å². The quantitative estimate of drug-likeness (QED) is 0.506. The molecule has 0 unspecified atom stereocenters. The lowest BCUT2D eigenvalue weighted by atomic mass is 10.2. The summed E-state index contributed by atoms with van der Waals surface area (Å²) in [5.41, 5.74) is 2.81. The molecule has 1 heterocycles. The van der Waals surface area contributed by atoms with Gasteiger partial charge in [-0.3, -0.25) is 0 Å². The van der Waals surface area contributed by atoms with Crippen molar-refractivity contribution < 1.29 is 4.74 Å². The summed E-state index contributed by atoms with van der Waals surface area (Å²) < 4.78 is 7.93. The van der Waals surface area contributed by atoms with E-state index in [1.807, 2.05) is 30.3 Å². The Hall–Kier alpha value is -2.45. The molecule has 0 aliphatic heterocycles. The van der Waals surface area contributed by atoms with Crippen molar-refractivity contribution in [2.75, 3.05) is 12.4 Å². The first-order chi connectivity index (χ1) is 11.3. The van der Waals surface area contributed by atoms with Crippen molar-refractivity contribution in [2.24, 2.45) is 0 Å². The van der Waals surface area contributed by atoms with Crippen molar-refractivity contribution in [3.8, 4) is 11.8 Å². The molecule has 0 aliphatic rings. The maximum Gasteiger partial charge on any atom is 0.169 e. The number of ether oxygens (including phenoxy) is 1. The molecule has 2 aromatic carbocycles. The van der Waals surface area contributed by atoms with Crippen LogP contribution >= 0.6 is 11.8 Å². The Morgan fingerprint density at radius 2 is 2.09 bits per heavy atom. The summed E-state index contributed by atoms with van der Waals surface area (Å²) in [5.74, 6) is 1.54. The maximum absolute atomic E-state index is 8.89. The Morgan fingerprint density at radius 3 is 2.91 bits per heavy atom. The fourth-order valence-electron chi connectivity index (χ4n) is 2.42. The molecule has 3 rings (SSSR count). The topological polar surface area (TPSA) is 50.8 Å². The molecule has 3 aromatic rings. The molecule has 0 atom stereocenters. The van der Waals surface area contributed by atoms with Gasteiger partial charge in [0.05, 0.1) is 29.3 Å². The van der Waals surface area contributed by atoms with Crippen molar-refractivity contribution in [2.45, 2.75) is 18.6 Å². The van der Waals surface area contributed by atoms with Crippen LogP contribution in [-0.2, 0) is 6.54 Å². The predicted octanol–water partition coefficient (Wildman–Crippen LogP) is 4.10. The third kappa shape index (κ3) is 3.49. The fraction of sp³-hybridized carbons (Fsp3) is 0.222. The number of para-hydroxylation sites is 2. The molecule has 0 bridgehead atoms. The Morgan fingerprint density at radius 1 is 1.22 bits per heavy atom. The van der Waals surface area contributed by atoms with Gasteiger partial charge in [-0.2, -0.15) is 5.26 Å². The summed E-state index contributed by atoms with van der Waals surface area (Å²) in [6.45, 7) is 3.60. The van der Waals surface area contributed by atoms with Gasteiger partial charge in [-0.15, -0.1) is 0 Å². The SMILES string of the molecule is CCn1c(SCCOc2cccc(C#N)c2)nc2ccccc21. The van der Waals surface area contributed by atoms with E-state index in [1.54, 1.807) is 23.9 Å². The highest BCUT2D eigenvalue weighted by atomic mass is 32.2. The number of aryl methyl sites for hydroxylation is 1. The van der Waals surface area contributed by atoms with Crippen molar-refractivity contribution in [3.63, 3.8) is 0 Å². The minimum Gasteiger partial charge on any atom is -0.493 e. The molecular formula is C18H17N3OS. The lowest BCUT2D eigenvalue weighted by molar-refractivity contribution is 0.343. The Labute approximate surface area is 139 Å². The monoisotopic (exact) mass is 323 g/mol. The Kier molecular flexibility index (Phi) is 4.84. The number of hydrogen-bond acceptors (Lipinski definition) is 4. The third-order valence-corrected chi connectivity index (χ3v) is 4.42. The van der Waals surface area contributed by atoms with Crippen LogP contribution in [0.4, 0.5) is 0 Å². The van der Waals surface area contributed by atoms with Crippen LogP contribution in [0.15, 0.2) is 53.7 Å². The van der Waals surface area contributed by atoms with E-state index in [0.29, 0.717) is 12.2 Å². The van der Waals surface area contributed by atoms with E-state index in [-0.39, 0.29) is 0 Å². The summed E-state index contributed by atoms with van der Waals surface area (Å²) in [7, 11) is 0. The number of imidazole rings is 1. The summed E-state index contributed by atoms with van der Waals surface area (Å²) >= 11 is 1.69. The molecule has 0 saturated carbocycles. The molecule has 5 heteroatoms. The maximum atomic E-state index is 8.89. The van der Waals surface area contributed by atoms with Crippen LogP contribution in [0.2, 0.25) is 0 Å². The normalized spacial score (nSPS) is 10.6. The largest absolute Gasteiger partial charge is 0.493 e. The molecule has 0 saturated heterocycles. The van der Waals surface area contributed by atoms with Crippen molar-refractivity contribution >= 4 is 22.8 Å². The minimum atomic E-state index is 0.576. The smallest absolute Gasteiger partial charge is 0.169 e. The van der Waals surface area contributed by atoms with Gasteiger partial charge in [0.2, 0.25) is 0 Å². The van der Waals surface area contributed by atoms with Crippen LogP contribution in [0.3, 0.4) is 0 Å². The molecule has 0 aliphatic carbocycles. The number of fused-ring (bicyclic) bond motifs is 1. The molecule has 1 aromatic heterocycles. The van der Waals surface area contributed by atoms with Gasteiger partial charge in [-0.25, -0.2) is 4.98 Å². The summed E-state index contributed by atoms with van der Waals surface area (Å²) in [6, 6.07) is 17.5. The van der Waals surface area contributed by atoms with Gasteiger partial charge in [0.1, 0.15) is 5.75 Å². The number of benzene rings is 2. The van der Waals surface area contributed by atoms with Gasteiger partial charge in [0, 0.05) is 12.3 Å². The van der Waals surface area contributed by atoms with Crippen LogP contribution in [0.25, 0.3) is 11.0 Å². The lowest BCUT2D eigenvalue weighted by Crippen LogP contribution is -2.02. The van der Waals surface area contributed by atoms with Gasteiger partial charge in [0.25, 0.3) is 0 Å². The van der Waals surface area contributed by atoms with Crippen LogP contribution < -0.4 is 4.74 Å². The predicted molar refractivity (Wildman–Crippen MR) is 92.8 cm³/mol. The molecule has 0 fully saturated rings. The molecule has 0 N–H and O–H groups in total. The van der Waals surface area contributed by atoms with Crippen LogP contribution in [0.1, 0.15) is 12.5 Å². The molecule has 0 amide bonds. The summed E-state index contributed by atoms with van der Waals surface area (Å²) in [6.07, 6.45) is 0. The zero-order valence-corrected chi connectivity index (χ0v) is 13.7. The second-order valence-electron chi connectivity index (χ2n) is 4.96. The third-order valence-electron chi connectivity index (χ3n) is 3.48. The summed E-state index contributed by atoms with van der Waals surface area (Å²) in [4.78, 5) is 4.68. The van der Waals surface area contributed by atoms with E-state index in [4.69, 9.17) is 10.00 Å². The number of thioether (sulfide) groups is 1. The van der Waals surface area contributed by atoms with Crippen LogP contribution in [0, 0.1) is 11.3 Å². The summed E-state index contributed by atoms with van der Waals surface area (Å²) in [5, 5.41) is 9.91. The molecular weight excluding hydrogens is 306 g/mol. The van der Waals surface area contributed by atoms with E-state index < -0.39 is 0 Å². The molecule has 0 spiro atoms. The zero-order chi connectivity index (χ0) is 16.1. The number of aromatic nitrogens is 2. The van der Waals surface area contributed by atoms with E-state index in [1.165, 1.54) is 5.52 Å². The number of rotatable bonds is 6. The first-order valence-corrected chi connectivity index (χ1v) is 8.51. The number of nitrogens with zero attached hydrogens (tertiary/aromatic N) is 3. The van der Waals surface area contributed by atoms with Crippen molar-refractivity contribution in [1.29, 1.82) is 5.26 Å². The highest BCUT2D eigenvalue weighted by Gasteiger charge is 2.09. The van der Waals surface area contributed by atoms with Gasteiger partial charge in [-0.05, 0) is 37.3 Å². The molecule has 116 valence electrons. The first-order valence-electron chi connectivity index (χ1n) is 7.53. The van der Waals surface area contributed by atoms with Crippen LogP contribution in [0.5, 0.6) is 5.75 Å². The van der Waals surface area contributed by atoms with Crippen LogP contribution in [-0.4, -0.2) is 21.9 Å². The minimum absolute atomic E-state index is 0.576. The average Bonchev–Trinajstić information content (AvgIpc) is 2.96. The highest BCUT2D eigenvalue weighted by Crippen LogP contribution is 2.24. The van der Waals surface area contributed by atoms with Gasteiger partial charge in [-0.1, -0.05) is 30.0 Å². The highest BCUT2D eigenvalue weighted by molar-refractivity contribution is 7.99.